The van der Waals surface area contributed by atoms with E-state index in [4.69, 9.17) is 26.1 Å². The third-order valence-electron chi connectivity index (χ3n) is 5.30. The Bertz CT molecular complexity index is 1030. The average Bonchev–Trinajstić information content (AvgIpc) is 2.99. The Hall–Kier alpha value is -2.84. The SMILES string of the molecule is COc1ccc(N2CCCN(Cn3nc(-c4ccccc4OC)oc3=S)CC2)cc1. The lowest BCUT2D eigenvalue weighted by molar-refractivity contribution is 0.217. The molecule has 7 nitrogen and oxygen atoms in total. The Morgan fingerprint density at radius 3 is 2.53 bits per heavy atom. The van der Waals surface area contributed by atoms with Crippen LogP contribution in [-0.4, -0.2) is 55.1 Å². The maximum atomic E-state index is 5.77. The van der Waals surface area contributed by atoms with Crippen molar-refractivity contribution >= 4 is 17.9 Å². The molecule has 0 saturated carbocycles. The normalized spacial score (nSPS) is 15.1. The number of methoxy groups -OCH3 is 2. The van der Waals surface area contributed by atoms with Gasteiger partial charge in [-0.15, -0.1) is 5.10 Å². The van der Waals surface area contributed by atoms with Gasteiger partial charge < -0.3 is 18.8 Å². The molecule has 2 heterocycles. The number of nitrogens with zero attached hydrogens (tertiary/aromatic N) is 4. The van der Waals surface area contributed by atoms with E-state index >= 15 is 0 Å². The smallest absolute Gasteiger partial charge is 0.288 e. The summed E-state index contributed by atoms with van der Waals surface area (Å²) in [5, 5.41) is 4.61. The van der Waals surface area contributed by atoms with Gasteiger partial charge >= 0.3 is 0 Å². The van der Waals surface area contributed by atoms with Crippen LogP contribution in [0.1, 0.15) is 6.42 Å². The van der Waals surface area contributed by atoms with E-state index in [1.807, 2.05) is 36.4 Å². The summed E-state index contributed by atoms with van der Waals surface area (Å²) in [5.74, 6) is 2.07. The van der Waals surface area contributed by atoms with Gasteiger partial charge in [0.25, 0.3) is 10.7 Å². The van der Waals surface area contributed by atoms with Gasteiger partial charge in [0.2, 0.25) is 0 Å². The van der Waals surface area contributed by atoms with Crippen LogP contribution in [0.15, 0.2) is 52.9 Å². The zero-order chi connectivity index (χ0) is 20.9. The molecule has 0 atom stereocenters. The third kappa shape index (κ3) is 4.49. The Balaban J connectivity index is 1.44. The molecule has 30 heavy (non-hydrogen) atoms. The van der Waals surface area contributed by atoms with Gasteiger partial charge in [0.05, 0.1) is 26.5 Å². The van der Waals surface area contributed by atoms with Gasteiger partial charge in [0, 0.05) is 31.9 Å². The van der Waals surface area contributed by atoms with Crippen LogP contribution >= 0.6 is 12.2 Å². The van der Waals surface area contributed by atoms with Crippen molar-refractivity contribution in [1.82, 2.24) is 14.7 Å². The van der Waals surface area contributed by atoms with Crippen LogP contribution in [-0.2, 0) is 6.67 Å². The van der Waals surface area contributed by atoms with Crippen molar-refractivity contribution in [2.45, 2.75) is 13.1 Å². The molecule has 1 fully saturated rings. The van der Waals surface area contributed by atoms with E-state index in [1.165, 1.54) is 5.69 Å². The molecule has 0 radical (unpaired) electrons. The fourth-order valence-corrected chi connectivity index (χ4v) is 3.86. The first-order chi connectivity index (χ1) is 14.7. The summed E-state index contributed by atoms with van der Waals surface area (Å²) in [5.41, 5.74) is 2.01. The van der Waals surface area contributed by atoms with E-state index in [-0.39, 0.29) is 0 Å². The molecule has 0 aliphatic carbocycles. The van der Waals surface area contributed by atoms with Gasteiger partial charge in [-0.2, -0.15) is 0 Å². The van der Waals surface area contributed by atoms with Gasteiger partial charge in [0.1, 0.15) is 11.5 Å². The number of aromatic nitrogens is 2. The molecule has 2 aromatic carbocycles. The Labute approximate surface area is 181 Å². The van der Waals surface area contributed by atoms with Crippen molar-refractivity contribution in [1.29, 1.82) is 0 Å². The Kier molecular flexibility index (Phi) is 6.35. The van der Waals surface area contributed by atoms with Crippen molar-refractivity contribution in [2.24, 2.45) is 0 Å². The molecule has 0 amide bonds. The highest BCUT2D eigenvalue weighted by Crippen LogP contribution is 2.28. The zero-order valence-corrected chi connectivity index (χ0v) is 18.1. The van der Waals surface area contributed by atoms with Crippen LogP contribution in [0.4, 0.5) is 5.69 Å². The van der Waals surface area contributed by atoms with Crippen LogP contribution in [0, 0.1) is 4.84 Å². The summed E-state index contributed by atoms with van der Waals surface area (Å²) in [6.07, 6.45) is 1.07. The monoisotopic (exact) mass is 426 g/mol. The standard InChI is InChI=1S/C22H26N4O3S/c1-27-18-10-8-17(9-11-18)25-13-5-12-24(14-15-25)16-26-22(30)29-21(23-26)19-6-3-4-7-20(19)28-2/h3-4,6-11H,5,12-16H2,1-2H3. The summed E-state index contributed by atoms with van der Waals surface area (Å²) in [4.78, 5) is 5.13. The predicted molar refractivity (Wildman–Crippen MR) is 119 cm³/mol. The highest BCUT2D eigenvalue weighted by atomic mass is 32.1. The lowest BCUT2D eigenvalue weighted by atomic mass is 10.2. The minimum atomic E-state index is 0.368. The second-order valence-electron chi connectivity index (χ2n) is 7.17. The van der Waals surface area contributed by atoms with Crippen LogP contribution in [0.2, 0.25) is 0 Å². The molecular formula is C22H26N4O3S. The second kappa shape index (κ2) is 9.32. The van der Waals surface area contributed by atoms with Crippen molar-refractivity contribution < 1.29 is 13.9 Å². The molecule has 1 aliphatic heterocycles. The molecule has 8 heteroatoms. The van der Waals surface area contributed by atoms with Crippen LogP contribution in [0.5, 0.6) is 11.5 Å². The van der Waals surface area contributed by atoms with Crippen LogP contribution in [0.3, 0.4) is 0 Å². The Morgan fingerprint density at radius 1 is 0.967 bits per heavy atom. The van der Waals surface area contributed by atoms with E-state index < -0.39 is 0 Å². The average molecular weight is 427 g/mol. The molecular weight excluding hydrogens is 400 g/mol. The molecule has 0 bridgehead atoms. The molecule has 4 rings (SSSR count). The number of benzene rings is 2. The summed E-state index contributed by atoms with van der Waals surface area (Å²) in [6.45, 7) is 4.46. The molecule has 0 N–H and O–H groups in total. The predicted octanol–water partition coefficient (Wildman–Crippen LogP) is 4.06. The van der Waals surface area contributed by atoms with Crippen LogP contribution < -0.4 is 14.4 Å². The fourth-order valence-electron chi connectivity index (χ4n) is 3.68. The quantitative estimate of drug-likeness (QED) is 0.551. The highest BCUT2D eigenvalue weighted by molar-refractivity contribution is 7.71. The maximum Gasteiger partial charge on any atom is 0.288 e. The number of hydrogen-bond acceptors (Lipinski definition) is 7. The fraction of sp³-hybridized carbons (Fsp3) is 0.364. The van der Waals surface area contributed by atoms with Crippen LogP contribution in [0.25, 0.3) is 11.5 Å². The lowest BCUT2D eigenvalue weighted by Gasteiger charge is -2.23. The first kappa shape index (κ1) is 20.4. The number of rotatable bonds is 6. The molecule has 0 spiro atoms. The number of hydrogen-bond donors (Lipinski definition) is 0. The Morgan fingerprint density at radius 2 is 1.77 bits per heavy atom. The first-order valence-corrected chi connectivity index (χ1v) is 10.4. The summed E-state index contributed by atoms with van der Waals surface area (Å²) in [7, 11) is 3.32. The molecule has 1 saturated heterocycles. The molecule has 1 aliphatic rings. The van der Waals surface area contributed by atoms with Gasteiger partial charge in [-0.3, -0.25) is 4.90 Å². The summed E-state index contributed by atoms with van der Waals surface area (Å²) < 4.78 is 18.2. The van der Waals surface area contributed by atoms with Gasteiger partial charge in [-0.1, -0.05) is 12.1 Å². The van der Waals surface area contributed by atoms with E-state index in [0.717, 1.165) is 43.9 Å². The minimum Gasteiger partial charge on any atom is -0.497 e. The summed E-state index contributed by atoms with van der Waals surface area (Å²) in [6, 6.07) is 15.9. The lowest BCUT2D eigenvalue weighted by Crippen LogP contribution is -2.32. The number of para-hydroxylation sites is 1. The van der Waals surface area contributed by atoms with Crippen molar-refractivity contribution in [3.8, 4) is 23.0 Å². The molecule has 0 unspecified atom stereocenters. The topological polar surface area (TPSA) is 55.9 Å². The van der Waals surface area contributed by atoms with Gasteiger partial charge in [-0.05, 0) is 55.0 Å². The molecule has 3 aromatic rings. The molecule has 158 valence electrons. The van der Waals surface area contributed by atoms with E-state index in [0.29, 0.717) is 23.1 Å². The first-order valence-electron chi connectivity index (χ1n) is 10.0. The van der Waals surface area contributed by atoms with Gasteiger partial charge in [-0.25, -0.2) is 4.68 Å². The third-order valence-corrected chi connectivity index (χ3v) is 5.60. The summed E-state index contributed by atoms with van der Waals surface area (Å²) >= 11 is 5.42. The maximum absolute atomic E-state index is 5.77. The van der Waals surface area contributed by atoms with Gasteiger partial charge in [0.15, 0.2) is 0 Å². The minimum absolute atomic E-state index is 0.368. The van der Waals surface area contributed by atoms with Crippen molar-refractivity contribution in [2.75, 3.05) is 45.3 Å². The largest absolute Gasteiger partial charge is 0.497 e. The molecule has 1 aromatic heterocycles. The highest BCUT2D eigenvalue weighted by Gasteiger charge is 2.18. The van der Waals surface area contributed by atoms with E-state index in [9.17, 15) is 0 Å². The van der Waals surface area contributed by atoms with E-state index in [2.05, 4.69) is 27.0 Å². The number of anilines is 1. The van der Waals surface area contributed by atoms with Crippen molar-refractivity contribution in [3.63, 3.8) is 0 Å². The number of ether oxygens (including phenoxy) is 2. The zero-order valence-electron chi connectivity index (χ0n) is 17.3. The van der Waals surface area contributed by atoms with E-state index in [1.54, 1.807) is 18.9 Å². The van der Waals surface area contributed by atoms with Crippen molar-refractivity contribution in [3.05, 3.63) is 53.4 Å². The second-order valence-corrected chi connectivity index (χ2v) is 7.52.